The maximum atomic E-state index is 11.0. The van der Waals surface area contributed by atoms with Crippen molar-refractivity contribution < 1.29 is 13.2 Å². The van der Waals surface area contributed by atoms with E-state index in [1.807, 2.05) is 6.92 Å². The van der Waals surface area contributed by atoms with Crippen LogP contribution in [0, 0.1) is 5.92 Å². The number of nitrogens with zero attached hydrogens (tertiary/aromatic N) is 1. The Kier molecular flexibility index (Phi) is 11.1. The van der Waals surface area contributed by atoms with Gasteiger partial charge in [-0.3, -0.25) is 4.99 Å². The molecule has 0 bridgehead atoms. The van der Waals surface area contributed by atoms with E-state index in [0.717, 1.165) is 31.4 Å². The van der Waals surface area contributed by atoms with Crippen molar-refractivity contribution in [2.75, 3.05) is 44.9 Å². The summed E-state index contributed by atoms with van der Waals surface area (Å²) in [5, 5.41) is 6.43. The van der Waals surface area contributed by atoms with E-state index in [0.29, 0.717) is 13.2 Å². The molecule has 7 heteroatoms. The molecule has 0 heterocycles. The number of nitrogens with one attached hydrogen (secondary N) is 2. The van der Waals surface area contributed by atoms with Crippen LogP contribution in [-0.4, -0.2) is 59.2 Å². The van der Waals surface area contributed by atoms with E-state index in [-0.39, 0.29) is 12.4 Å². The first-order valence-electron chi connectivity index (χ1n) is 9.29. The fourth-order valence-electron chi connectivity index (χ4n) is 2.93. The number of sulfone groups is 1. The molecule has 0 amide bonds. The predicted octanol–water partition coefficient (Wildman–Crippen LogP) is 1.96. The van der Waals surface area contributed by atoms with Gasteiger partial charge in [0, 0.05) is 25.9 Å². The Bertz CT molecular complexity index is 446. The zero-order valence-electron chi connectivity index (χ0n) is 15.3. The number of ether oxygens (including phenoxy) is 1. The fraction of sp³-hybridized carbons (Fsp3) is 0.941. The molecule has 0 radical (unpaired) electrons. The summed E-state index contributed by atoms with van der Waals surface area (Å²) in [7, 11) is -2.94. The van der Waals surface area contributed by atoms with Gasteiger partial charge in [-0.2, -0.15) is 0 Å². The van der Waals surface area contributed by atoms with Crippen molar-refractivity contribution in [1.82, 2.24) is 10.6 Å². The quantitative estimate of drug-likeness (QED) is 0.316. The predicted molar refractivity (Wildman–Crippen MR) is 100 cm³/mol. The molecule has 0 saturated heterocycles. The first-order valence-corrected chi connectivity index (χ1v) is 11.3. The summed E-state index contributed by atoms with van der Waals surface area (Å²) in [4.78, 5) is 4.58. The summed E-state index contributed by atoms with van der Waals surface area (Å²) < 4.78 is 27.3. The van der Waals surface area contributed by atoms with Crippen LogP contribution >= 0.6 is 0 Å². The van der Waals surface area contributed by atoms with Crippen LogP contribution in [0.25, 0.3) is 0 Å². The summed E-state index contributed by atoms with van der Waals surface area (Å²) in [6.45, 7) is 5.05. The molecule has 0 aromatic carbocycles. The number of unbranched alkanes of at least 4 members (excludes halogenated alkanes) is 1. The highest BCUT2D eigenvalue weighted by Crippen LogP contribution is 2.28. The Morgan fingerprint density at radius 2 is 1.92 bits per heavy atom. The van der Waals surface area contributed by atoms with Crippen LogP contribution in [0.1, 0.15) is 51.9 Å². The van der Waals surface area contributed by atoms with E-state index in [4.69, 9.17) is 4.74 Å². The van der Waals surface area contributed by atoms with Gasteiger partial charge in [0.05, 0.1) is 19.0 Å². The van der Waals surface area contributed by atoms with Crippen LogP contribution in [0.15, 0.2) is 4.99 Å². The molecule has 1 fully saturated rings. The van der Waals surface area contributed by atoms with Gasteiger partial charge < -0.3 is 15.4 Å². The average Bonchev–Trinajstić information content (AvgIpc) is 3.02. The number of rotatable bonds is 12. The molecular formula is C17H35N3O3S. The Hall–Kier alpha value is -0.820. The lowest BCUT2D eigenvalue weighted by Crippen LogP contribution is -2.39. The third-order valence-electron chi connectivity index (χ3n) is 4.25. The van der Waals surface area contributed by atoms with Crippen LogP contribution in [0.3, 0.4) is 0 Å². The Morgan fingerprint density at radius 1 is 1.17 bits per heavy atom. The maximum Gasteiger partial charge on any atom is 0.191 e. The first-order chi connectivity index (χ1) is 11.5. The normalized spacial score (nSPS) is 16.5. The molecule has 0 aliphatic heterocycles. The van der Waals surface area contributed by atoms with E-state index in [9.17, 15) is 8.42 Å². The van der Waals surface area contributed by atoms with Gasteiger partial charge in [0.25, 0.3) is 0 Å². The van der Waals surface area contributed by atoms with Crippen LogP contribution < -0.4 is 10.6 Å². The molecule has 1 aliphatic rings. The maximum absolute atomic E-state index is 11.0. The topological polar surface area (TPSA) is 79.8 Å². The molecule has 6 nitrogen and oxygen atoms in total. The van der Waals surface area contributed by atoms with E-state index in [1.54, 1.807) is 0 Å². The second-order valence-electron chi connectivity index (χ2n) is 6.58. The second-order valence-corrected chi connectivity index (χ2v) is 8.84. The van der Waals surface area contributed by atoms with Crippen molar-refractivity contribution in [2.24, 2.45) is 10.9 Å². The Labute approximate surface area is 147 Å². The molecule has 0 atom stereocenters. The fourth-order valence-corrected chi connectivity index (χ4v) is 3.35. The molecule has 1 saturated carbocycles. The summed E-state index contributed by atoms with van der Waals surface area (Å²) >= 11 is 0. The van der Waals surface area contributed by atoms with Gasteiger partial charge in [0.2, 0.25) is 0 Å². The monoisotopic (exact) mass is 361 g/mol. The van der Waals surface area contributed by atoms with Gasteiger partial charge in [-0.05, 0) is 19.3 Å². The first kappa shape index (κ1) is 21.2. The zero-order chi connectivity index (χ0) is 17.7. The minimum Gasteiger partial charge on any atom is -0.379 e. The minimum absolute atomic E-state index is 0.0716. The molecule has 142 valence electrons. The van der Waals surface area contributed by atoms with Crippen LogP contribution in [0.4, 0.5) is 0 Å². The number of hydrogen-bond donors (Lipinski definition) is 2. The summed E-state index contributed by atoms with van der Waals surface area (Å²) in [6, 6.07) is 0. The van der Waals surface area contributed by atoms with E-state index < -0.39 is 9.84 Å². The van der Waals surface area contributed by atoms with Gasteiger partial charge in [0.1, 0.15) is 9.84 Å². The lowest BCUT2D eigenvalue weighted by molar-refractivity contribution is 0.154. The van der Waals surface area contributed by atoms with Gasteiger partial charge in [-0.15, -0.1) is 0 Å². The average molecular weight is 362 g/mol. The van der Waals surface area contributed by atoms with E-state index in [1.165, 1.54) is 44.8 Å². The third kappa shape index (κ3) is 11.7. The van der Waals surface area contributed by atoms with Crippen molar-refractivity contribution in [1.29, 1.82) is 0 Å². The van der Waals surface area contributed by atoms with Crippen LogP contribution in [0.2, 0.25) is 0 Å². The summed E-state index contributed by atoms with van der Waals surface area (Å²) in [5.74, 6) is 1.84. The zero-order valence-corrected chi connectivity index (χ0v) is 16.2. The van der Waals surface area contributed by atoms with Crippen LogP contribution in [0.5, 0.6) is 0 Å². The lowest BCUT2D eigenvalue weighted by Gasteiger charge is -2.12. The van der Waals surface area contributed by atoms with Crippen molar-refractivity contribution in [3.63, 3.8) is 0 Å². The molecule has 0 aromatic rings. The second kappa shape index (κ2) is 12.5. The van der Waals surface area contributed by atoms with E-state index in [2.05, 4.69) is 15.6 Å². The molecule has 0 unspecified atom stereocenters. The number of aliphatic imine (C=N–C) groups is 1. The highest BCUT2D eigenvalue weighted by atomic mass is 32.2. The third-order valence-corrected chi connectivity index (χ3v) is 5.15. The molecule has 2 N–H and O–H groups in total. The van der Waals surface area contributed by atoms with Gasteiger partial charge >= 0.3 is 0 Å². The largest absolute Gasteiger partial charge is 0.379 e. The smallest absolute Gasteiger partial charge is 0.191 e. The Balaban J connectivity index is 2.08. The summed E-state index contributed by atoms with van der Waals surface area (Å²) in [5.41, 5.74) is 0. The van der Waals surface area contributed by atoms with Gasteiger partial charge in [-0.25, -0.2) is 8.42 Å². The van der Waals surface area contributed by atoms with Crippen molar-refractivity contribution >= 4 is 15.8 Å². The molecule has 0 spiro atoms. The molecule has 1 aliphatic carbocycles. The molecular weight excluding hydrogens is 326 g/mol. The molecule has 1 rings (SSSR count). The highest BCUT2D eigenvalue weighted by Gasteiger charge is 2.13. The molecule has 0 aromatic heterocycles. The lowest BCUT2D eigenvalue weighted by atomic mass is 10.0. The van der Waals surface area contributed by atoms with Gasteiger partial charge in [-0.1, -0.05) is 38.5 Å². The molecule has 24 heavy (non-hydrogen) atoms. The number of hydrogen-bond acceptors (Lipinski definition) is 4. The van der Waals surface area contributed by atoms with Crippen molar-refractivity contribution in [3.05, 3.63) is 0 Å². The van der Waals surface area contributed by atoms with Gasteiger partial charge in [0.15, 0.2) is 5.96 Å². The SMILES string of the molecule is CCNC(=NCCCCC1CCCC1)NCCOCCS(C)(=O)=O. The minimum atomic E-state index is -2.94. The van der Waals surface area contributed by atoms with Crippen molar-refractivity contribution in [2.45, 2.75) is 51.9 Å². The Morgan fingerprint density at radius 3 is 2.58 bits per heavy atom. The summed E-state index contributed by atoms with van der Waals surface area (Å²) in [6.07, 6.45) is 10.7. The highest BCUT2D eigenvalue weighted by molar-refractivity contribution is 7.90. The van der Waals surface area contributed by atoms with E-state index >= 15 is 0 Å². The standard InChI is InChI=1S/C17H35N3O3S/c1-3-18-17(20-12-13-23-14-15-24(2,21)22)19-11-7-6-10-16-8-4-5-9-16/h16H,3-15H2,1-2H3,(H2,18,19,20). The number of guanidine groups is 1. The van der Waals surface area contributed by atoms with Crippen molar-refractivity contribution in [3.8, 4) is 0 Å². The van der Waals surface area contributed by atoms with Crippen LogP contribution in [-0.2, 0) is 14.6 Å².